The van der Waals surface area contributed by atoms with Gasteiger partial charge in [0.25, 0.3) is 0 Å². The van der Waals surface area contributed by atoms with Gasteiger partial charge in [0.15, 0.2) is 0 Å². The topological polar surface area (TPSA) is 34.1 Å². The van der Waals surface area contributed by atoms with Gasteiger partial charge in [-0.25, -0.2) is 0 Å². The van der Waals surface area contributed by atoms with E-state index in [-0.39, 0.29) is 21.7 Å². The zero-order chi connectivity index (χ0) is 23.5. The van der Waals surface area contributed by atoms with Crippen molar-refractivity contribution in [3.63, 3.8) is 0 Å². The van der Waals surface area contributed by atoms with E-state index < -0.39 is 0 Å². The van der Waals surface area contributed by atoms with E-state index in [0.717, 1.165) is 50.4 Å². The summed E-state index contributed by atoms with van der Waals surface area (Å²) in [7, 11) is 0. The van der Waals surface area contributed by atoms with E-state index >= 15 is 0 Å². The molecule has 0 aromatic heterocycles. The number of allylic oxidation sites excluding steroid dienone is 6. The van der Waals surface area contributed by atoms with Crippen LogP contribution in [0.25, 0.3) is 0 Å². The summed E-state index contributed by atoms with van der Waals surface area (Å²) in [5, 5.41) is 0. The highest BCUT2D eigenvalue weighted by atomic mass is 16.1. The number of rotatable bonds is 5. The minimum atomic E-state index is -0.225. The van der Waals surface area contributed by atoms with Gasteiger partial charge in [-0.1, -0.05) is 59.8 Å². The average molecular weight is 437 g/mol. The van der Waals surface area contributed by atoms with E-state index in [9.17, 15) is 9.59 Å². The summed E-state index contributed by atoms with van der Waals surface area (Å²) in [4.78, 5) is 23.7. The predicted octanol–water partition coefficient (Wildman–Crippen LogP) is 7.64. The third kappa shape index (κ3) is 3.18. The molecule has 176 valence electrons. The zero-order valence-corrected chi connectivity index (χ0v) is 21.5. The second-order valence-corrected chi connectivity index (χ2v) is 12.8. The van der Waals surface area contributed by atoms with Gasteiger partial charge in [0, 0.05) is 11.8 Å². The first-order valence-corrected chi connectivity index (χ1v) is 13.0. The molecule has 6 unspecified atom stereocenters. The van der Waals surface area contributed by atoms with Crippen LogP contribution < -0.4 is 0 Å². The Bertz CT molecular complexity index is 902. The van der Waals surface area contributed by atoms with Gasteiger partial charge in [-0.3, -0.25) is 9.59 Å². The van der Waals surface area contributed by atoms with E-state index in [1.165, 1.54) is 12.8 Å². The van der Waals surface area contributed by atoms with Gasteiger partial charge >= 0.3 is 0 Å². The van der Waals surface area contributed by atoms with E-state index in [1.807, 2.05) is 6.92 Å². The molecule has 4 aliphatic carbocycles. The molecule has 2 saturated carbocycles. The van der Waals surface area contributed by atoms with E-state index in [2.05, 4.69) is 59.8 Å². The Balaban J connectivity index is 1.64. The van der Waals surface area contributed by atoms with E-state index in [1.54, 1.807) is 11.1 Å². The molecule has 0 N–H and O–H groups in total. The molecule has 0 saturated heterocycles. The maximum absolute atomic E-state index is 12.8. The summed E-state index contributed by atoms with van der Waals surface area (Å²) in [5.74, 6) is 2.25. The number of hydrogen-bond acceptors (Lipinski definition) is 2. The molecule has 0 amide bonds. The Morgan fingerprint density at radius 3 is 2.53 bits per heavy atom. The Morgan fingerprint density at radius 1 is 1.12 bits per heavy atom. The molecule has 4 aliphatic rings. The third-order valence-corrected chi connectivity index (χ3v) is 11.0. The third-order valence-electron chi connectivity index (χ3n) is 11.0. The van der Waals surface area contributed by atoms with Gasteiger partial charge in [0.2, 0.25) is 0 Å². The second-order valence-electron chi connectivity index (χ2n) is 12.8. The summed E-state index contributed by atoms with van der Waals surface area (Å²) in [6, 6.07) is 0. The lowest BCUT2D eigenvalue weighted by atomic mass is 9.44. The molecule has 0 aromatic rings. The maximum Gasteiger partial charge on any atom is 0.145 e. The highest BCUT2D eigenvalue weighted by Gasteiger charge is 2.63. The van der Waals surface area contributed by atoms with Crippen LogP contribution in [0.5, 0.6) is 0 Å². The van der Waals surface area contributed by atoms with Crippen molar-refractivity contribution < 1.29 is 9.59 Å². The first-order chi connectivity index (χ1) is 14.9. The van der Waals surface area contributed by atoms with E-state index in [4.69, 9.17) is 0 Å². The van der Waals surface area contributed by atoms with Crippen LogP contribution in [0, 0.1) is 39.4 Å². The Morgan fingerprint density at radius 2 is 1.84 bits per heavy atom. The smallest absolute Gasteiger partial charge is 0.145 e. The monoisotopic (exact) mass is 436 g/mol. The maximum atomic E-state index is 12.8. The first-order valence-electron chi connectivity index (χ1n) is 13.0. The predicted molar refractivity (Wildman–Crippen MR) is 132 cm³/mol. The molecular formula is C30H44O2. The van der Waals surface area contributed by atoms with Crippen LogP contribution >= 0.6 is 0 Å². The highest BCUT2D eigenvalue weighted by molar-refractivity contribution is 5.86. The molecule has 2 fully saturated rings. The van der Waals surface area contributed by atoms with Crippen molar-refractivity contribution >= 4 is 12.1 Å². The number of aldehydes is 1. The molecule has 2 nitrogen and oxygen atoms in total. The van der Waals surface area contributed by atoms with Crippen LogP contribution in [-0.2, 0) is 9.59 Å². The van der Waals surface area contributed by atoms with Gasteiger partial charge in [0.1, 0.15) is 12.1 Å². The molecule has 0 aliphatic heterocycles. The molecule has 0 spiro atoms. The summed E-state index contributed by atoms with van der Waals surface area (Å²) in [6.45, 7) is 16.3. The molecular weight excluding hydrogens is 392 g/mol. The number of Topliss-reactive ketones (excluding diaryl/α,β-unsaturated/α-hetero) is 1. The summed E-state index contributed by atoms with van der Waals surface area (Å²) < 4.78 is 0. The minimum absolute atomic E-state index is 0.132. The zero-order valence-electron chi connectivity index (χ0n) is 21.5. The van der Waals surface area contributed by atoms with Crippen molar-refractivity contribution in [3.05, 3.63) is 34.9 Å². The summed E-state index contributed by atoms with van der Waals surface area (Å²) in [6.07, 6.45) is 16.9. The number of carbonyl (C=O) groups excluding carboxylic acids is 2. The minimum Gasteiger partial charge on any atom is -0.299 e. The molecule has 0 radical (unpaired) electrons. The van der Waals surface area contributed by atoms with Crippen LogP contribution in [0.2, 0.25) is 0 Å². The number of fused-ring (bicyclic) bond motifs is 5. The van der Waals surface area contributed by atoms with Crippen LogP contribution in [0.4, 0.5) is 0 Å². The van der Waals surface area contributed by atoms with Crippen molar-refractivity contribution in [1.82, 2.24) is 0 Å². The van der Waals surface area contributed by atoms with Crippen LogP contribution in [0.3, 0.4) is 0 Å². The van der Waals surface area contributed by atoms with Crippen molar-refractivity contribution in [2.75, 3.05) is 0 Å². The normalized spacial score (nSPS) is 41.7. The number of carbonyl (C=O) groups is 2. The molecule has 0 bridgehead atoms. The Hall–Kier alpha value is -1.44. The van der Waals surface area contributed by atoms with Gasteiger partial charge in [-0.05, 0) is 103 Å². The van der Waals surface area contributed by atoms with Gasteiger partial charge in [-0.15, -0.1) is 0 Å². The Labute approximate surface area is 196 Å². The van der Waals surface area contributed by atoms with Crippen molar-refractivity contribution in [1.29, 1.82) is 0 Å². The summed E-state index contributed by atoms with van der Waals surface area (Å²) >= 11 is 0. The molecule has 0 aromatic carbocycles. The van der Waals surface area contributed by atoms with Gasteiger partial charge in [0.05, 0.1) is 0 Å². The lowest BCUT2D eigenvalue weighted by Gasteiger charge is -2.59. The van der Waals surface area contributed by atoms with Crippen LogP contribution in [-0.4, -0.2) is 12.1 Å². The first kappa shape index (κ1) is 23.7. The largest absolute Gasteiger partial charge is 0.299 e. The molecule has 4 rings (SSSR count). The van der Waals surface area contributed by atoms with Gasteiger partial charge in [-0.2, -0.15) is 0 Å². The average Bonchev–Trinajstić information content (AvgIpc) is 3.02. The SMILES string of the molecule is C/C(C=O)=C/CCC(C)C1CCC2(C)C3=CCC4C(C)(C)C(=O)CCC4(C)C3=CCC12C. The second kappa shape index (κ2) is 7.81. The quantitative estimate of drug-likeness (QED) is 0.328. The fourth-order valence-corrected chi connectivity index (χ4v) is 8.58. The van der Waals surface area contributed by atoms with Gasteiger partial charge < -0.3 is 0 Å². The van der Waals surface area contributed by atoms with Crippen LogP contribution in [0.15, 0.2) is 34.9 Å². The number of ketones is 1. The highest BCUT2D eigenvalue weighted by Crippen LogP contribution is 2.71. The lowest BCUT2D eigenvalue weighted by Crippen LogP contribution is -2.53. The Kier molecular flexibility index (Phi) is 5.79. The number of hydrogen-bond donors (Lipinski definition) is 0. The fraction of sp³-hybridized carbons (Fsp3) is 0.733. The van der Waals surface area contributed by atoms with Crippen molar-refractivity contribution in [2.45, 2.75) is 99.8 Å². The standard InChI is InChI=1S/C30H44O2/c1-20(19-31)9-8-10-21(2)22-13-17-30(7)24-11-12-25-27(3,4)26(32)15-16-28(25,5)23(24)14-18-29(22,30)6/h9,11,14,19,21-22,25H,8,10,12-13,15-18H2,1-7H3/b20-9-. The summed E-state index contributed by atoms with van der Waals surface area (Å²) in [5.41, 5.74) is 4.49. The van der Waals surface area contributed by atoms with Crippen molar-refractivity contribution in [3.8, 4) is 0 Å². The fourth-order valence-electron chi connectivity index (χ4n) is 8.58. The molecule has 32 heavy (non-hydrogen) atoms. The molecule has 2 heteroatoms. The lowest BCUT2D eigenvalue weighted by molar-refractivity contribution is -0.138. The van der Waals surface area contributed by atoms with Crippen molar-refractivity contribution in [2.24, 2.45) is 39.4 Å². The van der Waals surface area contributed by atoms with Crippen LogP contribution in [0.1, 0.15) is 99.8 Å². The van der Waals surface area contributed by atoms with E-state index in [0.29, 0.717) is 23.5 Å². The molecule has 0 heterocycles. The molecule has 6 atom stereocenters.